The minimum atomic E-state index is -0.646. The fourth-order valence-electron chi connectivity index (χ4n) is 6.08. The summed E-state index contributed by atoms with van der Waals surface area (Å²) in [6, 6.07) is 0. The van der Waals surface area contributed by atoms with Gasteiger partial charge in [0.1, 0.15) is 0 Å². The Morgan fingerprint density at radius 2 is 0.162 bits per heavy atom. The molecular formula is H100P99-. The first-order valence-electron chi connectivity index (χ1n) is 22.5. The van der Waals surface area contributed by atoms with Crippen molar-refractivity contribution in [1.29, 1.82) is 0 Å². The highest BCUT2D eigenvalue weighted by Crippen LogP contribution is 3.54. The molecule has 0 saturated carbocycles. The molecule has 99 heteroatoms. The zero-order valence-corrected chi connectivity index (χ0v) is 152. The van der Waals surface area contributed by atoms with Gasteiger partial charge in [-0.2, -0.15) is 0 Å². The van der Waals surface area contributed by atoms with Crippen molar-refractivity contribution in [3.8, 4) is 0 Å². The Labute approximate surface area is 776 Å². The molecule has 0 radical (unpaired) electrons. The van der Waals surface area contributed by atoms with Crippen LogP contribution in [0, 0.1) is 0 Å². The zero-order valence-electron chi connectivity index (χ0n) is 50.8. The highest BCUT2D eigenvalue weighted by Gasteiger charge is 2.67. The van der Waals surface area contributed by atoms with Gasteiger partial charge >= 0.3 is 0 Å². The summed E-state index contributed by atoms with van der Waals surface area (Å²) in [5.74, 6) is 0. The summed E-state index contributed by atoms with van der Waals surface area (Å²) in [4.78, 5) is 0. The summed E-state index contributed by atoms with van der Waals surface area (Å²) in [7, 11) is 192. The van der Waals surface area contributed by atoms with Crippen LogP contribution in [0.25, 0.3) is 0 Å². The molecule has 0 aromatic heterocycles. The first kappa shape index (κ1) is 142. The van der Waals surface area contributed by atoms with Crippen molar-refractivity contribution in [2.45, 2.75) is 0 Å². The van der Waals surface area contributed by atoms with Crippen LogP contribution in [0.3, 0.4) is 0 Å². The second kappa shape index (κ2) is 77.8. The van der Waals surface area contributed by atoms with E-state index in [1.807, 2.05) is 0 Å². The second-order valence-electron chi connectivity index (χ2n) is 15.7. The minimum Gasteiger partial charge on any atom is -0.524 e. The van der Waals surface area contributed by atoms with Gasteiger partial charge in [0.2, 0.25) is 0 Å². The third-order valence-electron chi connectivity index (χ3n) is 8.78. The highest BCUT2D eigenvalue weighted by molar-refractivity contribution is 9.60. The summed E-state index contributed by atoms with van der Waals surface area (Å²) in [5, 5.41) is 0. The van der Waals surface area contributed by atoms with Crippen LogP contribution in [0.2, 0.25) is 0 Å². The fourth-order valence-corrected chi connectivity index (χ4v) is 1480. The molecule has 0 aliphatic heterocycles. The third kappa shape index (κ3) is 49.9. The van der Waals surface area contributed by atoms with E-state index >= 15 is 0 Å². The summed E-state index contributed by atoms with van der Waals surface area (Å²) in [6.45, 7) is -21.6. The summed E-state index contributed by atoms with van der Waals surface area (Å²) >= 11 is 0. The maximum Gasteiger partial charge on any atom is -0.000000239 e. The Kier molecular flexibility index (Phi) is 111. The predicted molar refractivity (Wildman–Crippen MR) is 825 cm³/mol. The Morgan fingerprint density at radius 1 is 0.101 bits per heavy atom. The molecule has 54 unspecified atom stereocenters. The Bertz CT molecular complexity index is 1660. The average molecular weight is 3170 g/mol. The summed E-state index contributed by atoms with van der Waals surface area (Å²) in [5.41, 5.74) is 0. The van der Waals surface area contributed by atoms with Gasteiger partial charge in [0, 0.05) is 0 Å². The number of hydrogen-bond donors (Lipinski definition) is 0. The lowest BCUT2D eigenvalue weighted by atomic mass is 28.3. The van der Waals surface area contributed by atoms with E-state index in [1.165, 1.54) is 0 Å². The van der Waals surface area contributed by atoms with Crippen molar-refractivity contribution < 1.29 is 0 Å². The van der Waals surface area contributed by atoms with Crippen LogP contribution in [-0.2, 0) is 0 Å². The average Bonchev–Trinajstić information content (AvgIpc) is 3.39. The molecule has 0 aliphatic rings. The van der Waals surface area contributed by atoms with Crippen LogP contribution in [0.1, 0.15) is 0 Å². The van der Waals surface area contributed by atoms with Crippen LogP contribution in [0.5, 0.6) is 0 Å². The van der Waals surface area contributed by atoms with Crippen molar-refractivity contribution in [2.75, 3.05) is 0 Å². The van der Waals surface area contributed by atoms with Gasteiger partial charge in [0.15, 0.2) is 0 Å². The van der Waals surface area contributed by atoms with Crippen molar-refractivity contribution >= 4 is 790 Å². The zero-order chi connectivity index (χ0) is 78.4. The maximum atomic E-state index is 4.75. The minimum absolute atomic E-state index is 0.352. The van der Waals surface area contributed by atoms with Gasteiger partial charge in [-0.1, -0.05) is 6.99 Å². The van der Waals surface area contributed by atoms with E-state index in [2.05, 4.69) is 437 Å². The van der Waals surface area contributed by atoms with E-state index in [0.717, 1.165) is 7.96 Å². The molecule has 0 saturated heterocycles. The smallest absolute Gasteiger partial charge is 0.000000239 e. The maximum absolute atomic E-state index is 4.75. The van der Waals surface area contributed by atoms with Gasteiger partial charge in [-0.15, -0.1) is 437 Å². The normalized spacial score (nSPS) is 15.9. The molecule has 0 spiro atoms. The predicted octanol–water partition coefficient (Wildman–Crippen LogP) is 58.5. The molecule has 0 aliphatic carbocycles. The summed E-state index contributed by atoms with van der Waals surface area (Å²) < 4.78 is 0. The third-order valence-corrected chi connectivity index (χ3v) is 712. The molecule has 0 aromatic carbocycles. The SMILES string of the molecule is [PH-]PP(P)P(P(P(P)P)P(P)P)P(P(P(P)P)P(P)P)P(P(P(P(P)P)P(P)P)P(P(P)P)P(P)P)P(P(P(P(P(P)P)P(P)P)P(P(P)P)P(P)P)P(P(P(P)P)P(P)P)P(P(P)P)P(P)P)P(P(P(P(P)P)P(P)P)P(P(P)P)P(P)P)P(P(P(P)P)P(P)P)P(P(P)P)P(P)P. The molecule has 0 amide bonds. The second-order valence-corrected chi connectivity index (χ2v) is 425. The van der Waals surface area contributed by atoms with Crippen LogP contribution >= 0.6 is 790 Å². The monoisotopic (exact) mass is 3170 g/mol. The van der Waals surface area contributed by atoms with E-state index in [1.54, 1.807) is 0 Å². The van der Waals surface area contributed by atoms with E-state index in [0.29, 0.717) is 0 Å². The first-order chi connectivity index (χ1) is 45.1. The molecule has 0 nitrogen and oxygen atoms in total. The topological polar surface area (TPSA) is 0 Å². The fraction of sp³-hybridized carbons (Fsp3) is 0. The molecule has 0 N–H and O–H groups in total. The molecule has 0 bridgehead atoms. The molecule has 0 aromatic rings. The van der Waals surface area contributed by atoms with Crippen molar-refractivity contribution in [2.24, 2.45) is 0 Å². The van der Waals surface area contributed by atoms with Crippen molar-refractivity contribution in [1.82, 2.24) is 0 Å². The Hall–Kier alpha value is 42.6. The van der Waals surface area contributed by atoms with Crippen LogP contribution in [0.15, 0.2) is 0 Å². The van der Waals surface area contributed by atoms with Crippen LogP contribution in [0.4, 0.5) is 0 Å². The molecule has 596 valence electrons. The lowest BCUT2D eigenvalue weighted by Gasteiger charge is -2.64. The molecule has 99 heavy (non-hydrogen) atoms. The molecule has 54 atom stereocenters. The standard InChI is InChI=1S/H100P99/c1-51-76(50)89(77(52(2)3)53(4)5)95(88(74(46)47)75(48)49)98(94(86(70(38)39)71(40)41)87(72(42)43)73(44)45)99(96(90(78(54(6)7)55(8)9)79(56(10)11)57(12)13)91(80(58(14)15)59(16)17)81(60(18)19)61(20)21)97(92(82(62(22)23)63(24)25)83(64(26)27)65(28)29)93(84(66(30)31)67(32)33)85(68(34)35)69(36)37/h1,51H,2-50H2/q-1. The van der Waals surface area contributed by atoms with Gasteiger partial charge in [0.05, 0.1) is 0 Å². The quantitative estimate of drug-likeness (QED) is 0.0533. The van der Waals surface area contributed by atoms with E-state index in [4.69, 9.17) is 8.93 Å². The largest absolute Gasteiger partial charge is 0.524 e. The van der Waals surface area contributed by atoms with Gasteiger partial charge in [0.25, 0.3) is 0 Å². The van der Waals surface area contributed by atoms with E-state index in [-0.39, 0.29) is 21.0 Å². The van der Waals surface area contributed by atoms with E-state index < -0.39 is 314 Å². The molecule has 0 heterocycles. The molecule has 0 rings (SSSR count). The first-order valence-corrected chi connectivity index (χ1v) is 203. The van der Waals surface area contributed by atoms with Crippen molar-refractivity contribution in [3.63, 3.8) is 0 Å². The van der Waals surface area contributed by atoms with Gasteiger partial charge in [-0.05, 0) is 328 Å². The number of hydrogen-bond acceptors (Lipinski definition) is 0. The van der Waals surface area contributed by atoms with Crippen molar-refractivity contribution in [3.05, 3.63) is 0 Å². The van der Waals surface area contributed by atoms with Gasteiger partial charge in [-0.25, -0.2) is 0 Å². The van der Waals surface area contributed by atoms with E-state index in [9.17, 15) is 0 Å². The van der Waals surface area contributed by atoms with Crippen LogP contribution < -0.4 is 0 Å². The van der Waals surface area contributed by atoms with Gasteiger partial charge in [-0.3, -0.25) is 7.96 Å². The Morgan fingerprint density at radius 3 is 0.232 bits per heavy atom. The number of rotatable bonds is 48. The van der Waals surface area contributed by atoms with Gasteiger partial charge < -0.3 is 8.93 Å². The molecule has 0 fully saturated rings. The Balaban J connectivity index is 14.6. The summed E-state index contributed by atoms with van der Waals surface area (Å²) in [6.07, 6.45) is 0. The molecular weight excluding hydrogens is 3070 g/mol. The van der Waals surface area contributed by atoms with Crippen LogP contribution in [-0.4, -0.2) is 0 Å². The lowest BCUT2D eigenvalue weighted by molar-refractivity contribution is 4.29. The highest BCUT2D eigenvalue weighted by atomic mass is 33.7. The lowest BCUT2D eigenvalue weighted by Crippen LogP contribution is -1.77.